The Morgan fingerprint density at radius 1 is 0.407 bits per heavy atom. The zero-order valence-electron chi connectivity index (χ0n) is 36.3. The Kier molecular flexibility index (Phi) is 28.4. The van der Waals surface area contributed by atoms with Gasteiger partial charge >= 0.3 is 0 Å². The van der Waals surface area contributed by atoms with Crippen molar-refractivity contribution in [3.8, 4) is 12.1 Å². The molecule has 0 aromatic heterocycles. The summed E-state index contributed by atoms with van der Waals surface area (Å²) < 4.78 is 0. The summed E-state index contributed by atoms with van der Waals surface area (Å²) in [6, 6.07) is 17.6. The molecule has 0 amide bonds. The van der Waals surface area contributed by atoms with Crippen LogP contribution in [0.1, 0.15) is 204 Å². The van der Waals surface area contributed by atoms with Gasteiger partial charge in [-0.2, -0.15) is 10.5 Å². The predicted octanol–water partition coefficient (Wildman–Crippen LogP) is 17.2. The Morgan fingerprint density at radius 3 is 0.763 bits per heavy atom. The minimum Gasteiger partial charge on any atom is -0.307 e. The van der Waals surface area contributed by atoms with Gasteiger partial charge in [0, 0.05) is 29.5 Å². The first-order chi connectivity index (χ1) is 28.6. The molecule has 2 aromatic rings. The van der Waals surface area contributed by atoms with E-state index in [1.807, 2.05) is 18.9 Å². The number of nitriles is 2. The minimum absolute atomic E-state index is 0. The Bertz CT molecular complexity index is 1270. The fourth-order valence-corrected chi connectivity index (χ4v) is 20.9. The third-order valence-corrected chi connectivity index (χ3v) is 22.5. The molecule has 0 saturated heterocycles. The van der Waals surface area contributed by atoms with Crippen LogP contribution in [0, 0.1) is 22.7 Å². The fourth-order valence-electron chi connectivity index (χ4n) is 11.2. The molecule has 6 aliphatic carbocycles. The van der Waals surface area contributed by atoms with Gasteiger partial charge in [0.15, 0.2) is 0 Å². The Balaban J connectivity index is 0.000000218. The summed E-state index contributed by atoms with van der Waals surface area (Å²) in [6.45, 7) is 2.00. The predicted molar refractivity (Wildman–Crippen MR) is 255 cm³/mol. The maximum atomic E-state index is 8.35. The molecule has 0 atom stereocenters. The van der Waals surface area contributed by atoms with Crippen LogP contribution < -0.4 is 0 Å². The Morgan fingerprint density at radius 2 is 0.610 bits per heavy atom. The van der Waals surface area contributed by atoms with E-state index in [1.165, 1.54) is 72.5 Å². The van der Waals surface area contributed by atoms with Crippen LogP contribution in [-0.2, 0) is 24.3 Å². The molecular formula is C51H76Cl2N2OP2Ru. The van der Waals surface area contributed by atoms with E-state index in [9.17, 15) is 0 Å². The second kappa shape index (κ2) is 31.9. The molecule has 59 heavy (non-hydrogen) atoms. The topological polar surface area (TPSA) is 64.7 Å². The van der Waals surface area contributed by atoms with Crippen molar-refractivity contribution >= 4 is 45.8 Å². The van der Waals surface area contributed by atoms with Crippen LogP contribution in [0.25, 0.3) is 0 Å². The molecule has 3 nitrogen and oxygen atoms in total. The molecule has 8 rings (SSSR count). The van der Waals surface area contributed by atoms with Crippen molar-refractivity contribution in [3.05, 3.63) is 69.7 Å². The number of halogens is 2. The summed E-state index contributed by atoms with van der Waals surface area (Å²) in [5.74, 6) is 0. The maximum absolute atomic E-state index is 8.35. The van der Waals surface area contributed by atoms with Crippen molar-refractivity contribution in [1.29, 1.82) is 10.5 Å². The first-order valence-electron chi connectivity index (χ1n) is 23.7. The molecule has 0 spiro atoms. The van der Waals surface area contributed by atoms with Gasteiger partial charge in [0.1, 0.15) is 6.79 Å². The number of carbonyl (C=O) groups excluding carboxylic acids is 1. The molecule has 0 bridgehead atoms. The molecule has 6 aliphatic rings. The van der Waals surface area contributed by atoms with E-state index in [4.69, 9.17) is 38.5 Å². The van der Waals surface area contributed by atoms with E-state index in [1.54, 1.807) is 203 Å². The van der Waals surface area contributed by atoms with Crippen LogP contribution in [0.3, 0.4) is 0 Å². The van der Waals surface area contributed by atoms with Gasteiger partial charge in [0.05, 0.1) is 23.3 Å². The molecule has 0 aliphatic heterocycles. The van der Waals surface area contributed by atoms with Gasteiger partial charge in [-0.1, -0.05) is 167 Å². The minimum atomic E-state index is 0. The van der Waals surface area contributed by atoms with Crippen molar-refractivity contribution in [3.63, 3.8) is 0 Å². The van der Waals surface area contributed by atoms with Crippen LogP contribution in [-0.4, -0.2) is 40.7 Å². The second-order valence-corrected chi connectivity index (χ2v) is 24.9. The Hall–Kier alpha value is -0.847. The first kappa shape index (κ1) is 52.5. The molecule has 6 fully saturated rings. The standard InChI is InChI=1S/2C18H33P.2C7H4ClN.CH2O.Ru/c2*1-4-10-16(11-5-1)19(17-12-6-2-7-13-17)18-14-8-3-9-15-18;2*8-7-3-1-2-6(4-7)5-9;1-2;/h2*16-18H,1-15H2;2*1-4H;1H2;. The van der Waals surface area contributed by atoms with Crippen LogP contribution in [0.2, 0.25) is 10.0 Å². The number of hydrogen-bond acceptors (Lipinski definition) is 3. The summed E-state index contributed by atoms with van der Waals surface area (Å²) in [7, 11) is 0.770. The zero-order valence-corrected chi connectivity index (χ0v) is 41.3. The SMILES string of the molecule is C1CCC(P(C2CCCCC2)C2CCCCC2)CC1.C1CCC(P(C2CCCCC2)C2CCCCC2)CC1.C=O.N#Cc1cccc(Cl)c1.N#Cc1cccc(Cl)c1.[Ru]. The van der Waals surface area contributed by atoms with Gasteiger partial charge in [0.25, 0.3) is 0 Å². The zero-order chi connectivity index (χ0) is 41.2. The third-order valence-electron chi connectivity index (χ3n) is 13.9. The van der Waals surface area contributed by atoms with Gasteiger partial charge in [-0.25, -0.2) is 0 Å². The fraction of sp³-hybridized carbons (Fsp3) is 0.706. The van der Waals surface area contributed by atoms with Gasteiger partial charge in [0.2, 0.25) is 0 Å². The summed E-state index contributed by atoms with van der Waals surface area (Å²) in [5.41, 5.74) is 8.34. The molecule has 328 valence electrons. The largest absolute Gasteiger partial charge is 0.307 e. The smallest absolute Gasteiger partial charge is 0.106 e. The second-order valence-electron chi connectivity index (χ2n) is 17.9. The third kappa shape index (κ3) is 19.2. The molecule has 0 heterocycles. The molecule has 8 heteroatoms. The average Bonchev–Trinajstić information content (AvgIpc) is 3.30. The monoisotopic (exact) mass is 966 g/mol. The van der Waals surface area contributed by atoms with E-state index < -0.39 is 0 Å². The van der Waals surface area contributed by atoms with Gasteiger partial charge in [-0.05, 0) is 147 Å². The van der Waals surface area contributed by atoms with Crippen LogP contribution >= 0.6 is 39.0 Å². The number of nitrogens with zero attached hydrogens (tertiary/aromatic N) is 2. The van der Waals surface area contributed by atoms with E-state index in [0.717, 1.165) is 0 Å². The van der Waals surface area contributed by atoms with E-state index in [0.29, 0.717) is 37.0 Å². The van der Waals surface area contributed by atoms with E-state index in [2.05, 4.69) is 0 Å². The van der Waals surface area contributed by atoms with Crippen LogP contribution in [0.5, 0.6) is 0 Å². The number of carbonyl (C=O) groups is 1. The van der Waals surface area contributed by atoms with Crippen molar-refractivity contribution in [1.82, 2.24) is 0 Å². The van der Waals surface area contributed by atoms with Crippen molar-refractivity contribution in [2.24, 2.45) is 0 Å². The first-order valence-corrected chi connectivity index (χ1v) is 27.6. The number of rotatable bonds is 6. The summed E-state index contributed by atoms with van der Waals surface area (Å²) >= 11 is 11.1. The normalized spacial score (nSPS) is 21.3. The van der Waals surface area contributed by atoms with Crippen molar-refractivity contribution in [2.45, 2.75) is 227 Å². The van der Waals surface area contributed by atoms with E-state index in [-0.39, 0.29) is 19.5 Å². The van der Waals surface area contributed by atoms with E-state index >= 15 is 0 Å². The quantitative estimate of drug-likeness (QED) is 0.214. The van der Waals surface area contributed by atoms with Gasteiger partial charge < -0.3 is 4.79 Å². The Labute approximate surface area is 386 Å². The van der Waals surface area contributed by atoms with Crippen molar-refractivity contribution < 1.29 is 24.3 Å². The molecular weight excluding hydrogens is 890 g/mol. The summed E-state index contributed by atoms with van der Waals surface area (Å²) in [4.78, 5) is 8.00. The summed E-state index contributed by atoms with van der Waals surface area (Å²) in [6.07, 6.45) is 47.2. The number of benzene rings is 2. The summed E-state index contributed by atoms with van der Waals surface area (Å²) in [5, 5.41) is 17.9. The average molecular weight is 967 g/mol. The molecule has 0 unspecified atom stereocenters. The van der Waals surface area contributed by atoms with Crippen LogP contribution in [0.4, 0.5) is 0 Å². The molecule has 0 N–H and O–H groups in total. The maximum Gasteiger partial charge on any atom is 0.106 e. The van der Waals surface area contributed by atoms with Gasteiger partial charge in [-0.3, -0.25) is 0 Å². The number of hydrogen-bond donors (Lipinski definition) is 0. The molecule has 0 radical (unpaired) electrons. The van der Waals surface area contributed by atoms with Crippen molar-refractivity contribution in [2.75, 3.05) is 0 Å². The molecule has 6 saturated carbocycles. The molecule has 2 aromatic carbocycles. The van der Waals surface area contributed by atoms with Crippen LogP contribution in [0.15, 0.2) is 48.5 Å². The van der Waals surface area contributed by atoms with Gasteiger partial charge in [-0.15, -0.1) is 0 Å².